The summed E-state index contributed by atoms with van der Waals surface area (Å²) >= 11 is 0. The molecule has 1 aliphatic heterocycles. The predicted molar refractivity (Wildman–Crippen MR) is 96.5 cm³/mol. The molecule has 2 aliphatic rings. The molecular weight excluding hydrogens is 381 g/mol. The monoisotopic (exact) mass is 411 g/mol. The Balaban J connectivity index is 0.00000220. The van der Waals surface area contributed by atoms with Gasteiger partial charge in [-0.2, -0.15) is 0 Å². The smallest absolute Gasteiger partial charge is 0.195 e. The van der Waals surface area contributed by atoms with E-state index >= 15 is 0 Å². The lowest BCUT2D eigenvalue weighted by Crippen LogP contribution is -2.60. The number of halogens is 1. The fourth-order valence-electron chi connectivity index (χ4n) is 3.52. The third-order valence-corrected chi connectivity index (χ3v) is 4.61. The van der Waals surface area contributed by atoms with Crippen molar-refractivity contribution in [1.82, 2.24) is 9.80 Å². The van der Waals surface area contributed by atoms with Crippen LogP contribution in [-0.4, -0.2) is 75.9 Å². The Bertz CT molecular complexity index is 345. The van der Waals surface area contributed by atoms with E-state index in [4.69, 9.17) is 14.5 Å². The molecule has 1 heterocycles. The van der Waals surface area contributed by atoms with Gasteiger partial charge in [-0.3, -0.25) is 0 Å². The summed E-state index contributed by atoms with van der Waals surface area (Å²) in [6.45, 7) is 4.55. The number of ether oxygens (including phenoxy) is 2. The number of hydrogen-bond donors (Lipinski definition) is 0. The normalized spacial score (nSPS) is 26.5. The van der Waals surface area contributed by atoms with Crippen molar-refractivity contribution in [3.63, 3.8) is 0 Å². The van der Waals surface area contributed by atoms with Gasteiger partial charge in [0.25, 0.3) is 0 Å². The van der Waals surface area contributed by atoms with E-state index in [0.717, 1.165) is 45.0 Å². The first kappa shape index (κ1) is 19.0. The Hall–Kier alpha value is -0.0800. The maximum atomic E-state index is 5.95. The van der Waals surface area contributed by atoms with Crippen molar-refractivity contribution in [2.24, 2.45) is 10.4 Å². The zero-order chi connectivity index (χ0) is 14.8. The van der Waals surface area contributed by atoms with E-state index in [0.29, 0.717) is 12.1 Å². The fraction of sp³-hybridized carbons (Fsp3) is 0.933. The minimum Gasteiger partial charge on any atom is -0.381 e. The van der Waals surface area contributed by atoms with E-state index in [1.165, 1.54) is 0 Å². The second-order valence-corrected chi connectivity index (χ2v) is 6.26. The Morgan fingerprint density at radius 2 is 1.76 bits per heavy atom. The maximum absolute atomic E-state index is 5.95. The van der Waals surface area contributed by atoms with Crippen LogP contribution in [0.3, 0.4) is 0 Å². The van der Waals surface area contributed by atoms with Gasteiger partial charge in [-0.05, 0) is 26.2 Å². The maximum Gasteiger partial charge on any atom is 0.195 e. The minimum absolute atomic E-state index is 0. The third-order valence-electron chi connectivity index (χ3n) is 4.61. The minimum atomic E-state index is 0. The lowest BCUT2D eigenvalue weighted by Gasteiger charge is -2.55. The highest BCUT2D eigenvalue weighted by Crippen LogP contribution is 2.52. The SMILES string of the molecule is CCOC1CC(N=C(N(C)C)N(C)C)C12CCOCC2.I. The molecule has 0 aromatic rings. The van der Waals surface area contributed by atoms with Crippen LogP contribution in [0.15, 0.2) is 4.99 Å². The highest BCUT2D eigenvalue weighted by Gasteiger charge is 2.56. The van der Waals surface area contributed by atoms with Crippen LogP contribution in [0.25, 0.3) is 0 Å². The molecule has 21 heavy (non-hydrogen) atoms. The standard InChI is InChI=1S/C15H29N3O2.HI/c1-6-20-13-11-12(15(13)7-9-19-10-8-15)16-14(17(2)3)18(4)5;/h12-13H,6-11H2,1-5H3;1H. The summed E-state index contributed by atoms with van der Waals surface area (Å²) in [7, 11) is 8.20. The molecular formula is C15H30IN3O2. The van der Waals surface area contributed by atoms with E-state index in [1.807, 2.05) is 28.2 Å². The number of hydrogen-bond acceptors (Lipinski definition) is 3. The van der Waals surface area contributed by atoms with Crippen LogP contribution in [0.2, 0.25) is 0 Å². The zero-order valence-electron chi connectivity index (χ0n) is 14.0. The summed E-state index contributed by atoms with van der Waals surface area (Å²) in [4.78, 5) is 9.19. The van der Waals surface area contributed by atoms with Gasteiger partial charge in [-0.15, -0.1) is 24.0 Å². The average Bonchev–Trinajstić information content (AvgIpc) is 2.42. The van der Waals surface area contributed by atoms with E-state index in [2.05, 4.69) is 16.7 Å². The van der Waals surface area contributed by atoms with Crippen LogP contribution in [0.5, 0.6) is 0 Å². The molecule has 2 fully saturated rings. The highest BCUT2D eigenvalue weighted by atomic mass is 127. The van der Waals surface area contributed by atoms with Crippen molar-refractivity contribution in [1.29, 1.82) is 0 Å². The molecule has 2 rings (SSSR count). The van der Waals surface area contributed by atoms with E-state index < -0.39 is 0 Å². The Morgan fingerprint density at radius 3 is 2.24 bits per heavy atom. The summed E-state index contributed by atoms with van der Waals surface area (Å²) < 4.78 is 11.5. The van der Waals surface area contributed by atoms with Crippen LogP contribution in [0.1, 0.15) is 26.2 Å². The molecule has 0 aromatic heterocycles. The van der Waals surface area contributed by atoms with E-state index in [1.54, 1.807) is 0 Å². The number of aliphatic imine (C=N–C) groups is 1. The summed E-state index contributed by atoms with van der Waals surface area (Å²) in [5.41, 5.74) is 0.200. The molecule has 0 radical (unpaired) electrons. The van der Waals surface area contributed by atoms with Gasteiger partial charge >= 0.3 is 0 Å². The molecule has 5 nitrogen and oxygen atoms in total. The first-order chi connectivity index (χ1) is 9.51. The van der Waals surface area contributed by atoms with E-state index in [9.17, 15) is 0 Å². The average molecular weight is 411 g/mol. The molecule has 0 amide bonds. The van der Waals surface area contributed by atoms with Crippen LogP contribution in [-0.2, 0) is 9.47 Å². The van der Waals surface area contributed by atoms with Crippen molar-refractivity contribution < 1.29 is 9.47 Å². The van der Waals surface area contributed by atoms with Crippen molar-refractivity contribution in [2.45, 2.75) is 38.3 Å². The van der Waals surface area contributed by atoms with Crippen LogP contribution >= 0.6 is 24.0 Å². The molecule has 0 N–H and O–H groups in total. The Morgan fingerprint density at radius 1 is 1.19 bits per heavy atom. The quantitative estimate of drug-likeness (QED) is 0.405. The predicted octanol–water partition coefficient (Wildman–Crippen LogP) is 2.06. The van der Waals surface area contributed by atoms with Gasteiger partial charge in [0.05, 0.1) is 12.1 Å². The van der Waals surface area contributed by atoms with Gasteiger partial charge in [0.1, 0.15) is 0 Å². The number of rotatable bonds is 3. The van der Waals surface area contributed by atoms with Gasteiger partial charge in [-0.25, -0.2) is 4.99 Å². The molecule has 0 bridgehead atoms. The van der Waals surface area contributed by atoms with Crippen LogP contribution in [0.4, 0.5) is 0 Å². The Labute approximate surface area is 146 Å². The largest absolute Gasteiger partial charge is 0.381 e. The second kappa shape index (κ2) is 7.97. The second-order valence-electron chi connectivity index (χ2n) is 6.26. The Kier molecular flexibility index (Phi) is 7.19. The summed E-state index contributed by atoms with van der Waals surface area (Å²) in [6.07, 6.45) is 3.54. The van der Waals surface area contributed by atoms with Gasteiger partial charge < -0.3 is 19.3 Å². The van der Waals surface area contributed by atoms with Gasteiger partial charge in [-0.1, -0.05) is 0 Å². The summed E-state index contributed by atoms with van der Waals surface area (Å²) in [6, 6.07) is 0.364. The van der Waals surface area contributed by atoms with E-state index in [-0.39, 0.29) is 29.4 Å². The van der Waals surface area contributed by atoms with Gasteiger partial charge in [0.15, 0.2) is 5.96 Å². The number of nitrogens with zero attached hydrogens (tertiary/aromatic N) is 3. The molecule has 0 aromatic carbocycles. The zero-order valence-corrected chi connectivity index (χ0v) is 16.3. The molecule has 2 atom stereocenters. The third kappa shape index (κ3) is 3.82. The van der Waals surface area contributed by atoms with Crippen molar-refractivity contribution in [3.8, 4) is 0 Å². The van der Waals surface area contributed by atoms with Crippen LogP contribution in [0, 0.1) is 5.41 Å². The van der Waals surface area contributed by atoms with Crippen molar-refractivity contribution >= 4 is 29.9 Å². The highest BCUT2D eigenvalue weighted by molar-refractivity contribution is 14.0. The fourth-order valence-corrected chi connectivity index (χ4v) is 3.52. The summed E-state index contributed by atoms with van der Waals surface area (Å²) in [5, 5.41) is 0. The molecule has 2 unspecified atom stereocenters. The summed E-state index contributed by atoms with van der Waals surface area (Å²) in [5.74, 6) is 1.04. The first-order valence-electron chi connectivity index (χ1n) is 7.63. The van der Waals surface area contributed by atoms with Gasteiger partial charge in [0.2, 0.25) is 0 Å². The molecule has 1 saturated heterocycles. The molecule has 6 heteroatoms. The molecule has 1 aliphatic carbocycles. The van der Waals surface area contributed by atoms with Crippen molar-refractivity contribution in [3.05, 3.63) is 0 Å². The lowest BCUT2D eigenvalue weighted by molar-refractivity contribution is -0.163. The topological polar surface area (TPSA) is 37.3 Å². The molecule has 1 saturated carbocycles. The number of guanidine groups is 1. The van der Waals surface area contributed by atoms with Gasteiger partial charge in [0, 0.05) is 53.4 Å². The molecule has 124 valence electrons. The van der Waals surface area contributed by atoms with Crippen LogP contribution < -0.4 is 0 Å². The van der Waals surface area contributed by atoms with Crippen molar-refractivity contribution in [2.75, 3.05) is 48.0 Å². The molecule has 1 spiro atoms. The first-order valence-corrected chi connectivity index (χ1v) is 7.63. The lowest BCUT2D eigenvalue weighted by atomic mass is 9.58.